The molecule has 0 aliphatic heterocycles. The summed E-state index contributed by atoms with van der Waals surface area (Å²) in [6.45, 7) is 5.76. The van der Waals surface area contributed by atoms with E-state index < -0.39 is 0 Å². The van der Waals surface area contributed by atoms with Crippen LogP contribution in [0.4, 0.5) is 0 Å². The number of aliphatic imine (C=N–C) groups is 1. The van der Waals surface area contributed by atoms with Crippen LogP contribution in [0.1, 0.15) is 58.8 Å². The standard InChI is InChI=1S/C17H38N10O/c1-3-5-6-7-8-12-27(17(22)25-24-16(20)21)26(4-2)14(13-28)10-9-11-23-15(18)19/h13-14H,3-12H2,1-2H3,(H2,22,25)(H4,18,19,23)(H4,20,21,24). The number of likely N-dealkylation sites (N-methyl/N-ethyl adjacent to an activating group) is 1. The van der Waals surface area contributed by atoms with Gasteiger partial charge in [-0.1, -0.05) is 39.5 Å². The van der Waals surface area contributed by atoms with Crippen molar-refractivity contribution in [1.82, 2.24) is 10.0 Å². The molecule has 0 aromatic rings. The summed E-state index contributed by atoms with van der Waals surface area (Å²) in [7, 11) is 0. The minimum absolute atomic E-state index is 0.0392. The van der Waals surface area contributed by atoms with E-state index in [0.29, 0.717) is 32.5 Å². The molecule has 0 spiro atoms. The predicted octanol–water partition coefficient (Wildman–Crippen LogP) is -0.380. The van der Waals surface area contributed by atoms with Crippen molar-refractivity contribution < 1.29 is 4.79 Å². The Morgan fingerprint density at radius 1 is 0.929 bits per heavy atom. The van der Waals surface area contributed by atoms with Gasteiger partial charge in [0.15, 0.2) is 5.96 Å². The van der Waals surface area contributed by atoms with Crippen molar-refractivity contribution in [2.24, 2.45) is 43.9 Å². The Labute approximate surface area is 168 Å². The van der Waals surface area contributed by atoms with Crippen LogP contribution in [0, 0.1) is 0 Å². The lowest BCUT2D eigenvalue weighted by molar-refractivity contribution is -0.118. The number of guanidine groups is 3. The Balaban J connectivity index is 5.21. The molecule has 0 aliphatic carbocycles. The highest BCUT2D eigenvalue weighted by molar-refractivity contribution is 5.80. The third-order valence-corrected chi connectivity index (χ3v) is 4.13. The van der Waals surface area contributed by atoms with E-state index in [9.17, 15) is 4.79 Å². The molecule has 11 heteroatoms. The molecule has 0 aromatic carbocycles. The number of unbranched alkanes of at least 4 members (excludes halogenated alkanes) is 4. The van der Waals surface area contributed by atoms with Gasteiger partial charge in [-0.3, -0.25) is 10.0 Å². The third-order valence-electron chi connectivity index (χ3n) is 4.13. The summed E-state index contributed by atoms with van der Waals surface area (Å²) in [5.41, 5.74) is 27.5. The number of aldehydes is 1. The molecule has 28 heavy (non-hydrogen) atoms. The maximum atomic E-state index is 11.7. The minimum Gasteiger partial charge on any atom is -0.370 e. The molecule has 0 aromatic heterocycles. The molecule has 10 N–H and O–H groups in total. The zero-order valence-electron chi connectivity index (χ0n) is 17.3. The van der Waals surface area contributed by atoms with Crippen molar-refractivity contribution in [3.05, 3.63) is 0 Å². The van der Waals surface area contributed by atoms with Gasteiger partial charge in [0, 0.05) is 19.6 Å². The van der Waals surface area contributed by atoms with Crippen molar-refractivity contribution in [2.45, 2.75) is 64.8 Å². The molecule has 1 atom stereocenters. The number of hydrogen-bond acceptors (Lipinski definition) is 5. The molecule has 0 rings (SSSR count). The Bertz CT molecular complexity index is 512. The maximum absolute atomic E-state index is 11.7. The Kier molecular flexibility index (Phi) is 14.1. The summed E-state index contributed by atoms with van der Waals surface area (Å²) < 4.78 is 0. The SMILES string of the molecule is CCCCCCCN(/C(N)=N/N=C(N)N)N(CC)C(C=O)CCCN=C(N)N. The summed E-state index contributed by atoms with van der Waals surface area (Å²) in [4.78, 5) is 15.7. The predicted molar refractivity (Wildman–Crippen MR) is 115 cm³/mol. The van der Waals surface area contributed by atoms with Gasteiger partial charge in [0.25, 0.3) is 0 Å². The Hall–Kier alpha value is -2.56. The maximum Gasteiger partial charge on any atom is 0.231 e. The van der Waals surface area contributed by atoms with Crippen LogP contribution in [0.3, 0.4) is 0 Å². The summed E-state index contributed by atoms with van der Waals surface area (Å²) in [5.74, 6) is -0.00259. The largest absolute Gasteiger partial charge is 0.370 e. The van der Waals surface area contributed by atoms with E-state index in [4.69, 9.17) is 28.7 Å². The van der Waals surface area contributed by atoms with Crippen molar-refractivity contribution >= 4 is 24.2 Å². The van der Waals surface area contributed by atoms with E-state index >= 15 is 0 Å². The van der Waals surface area contributed by atoms with E-state index in [2.05, 4.69) is 22.1 Å². The molecule has 0 bridgehead atoms. The lowest BCUT2D eigenvalue weighted by Crippen LogP contribution is -2.55. The molecular weight excluding hydrogens is 360 g/mol. The normalized spacial score (nSPS) is 12.5. The molecular formula is C17H38N10O. The van der Waals surface area contributed by atoms with E-state index in [1.54, 1.807) is 5.01 Å². The van der Waals surface area contributed by atoms with Crippen LogP contribution in [-0.4, -0.2) is 59.9 Å². The van der Waals surface area contributed by atoms with Crippen molar-refractivity contribution in [2.75, 3.05) is 19.6 Å². The summed E-state index contributed by atoms with van der Waals surface area (Å²) in [6.07, 6.45) is 7.62. The van der Waals surface area contributed by atoms with E-state index in [1.165, 1.54) is 12.8 Å². The fourth-order valence-electron chi connectivity index (χ4n) is 2.78. The second kappa shape index (κ2) is 15.5. The smallest absolute Gasteiger partial charge is 0.231 e. The fourth-order valence-corrected chi connectivity index (χ4v) is 2.78. The second-order valence-electron chi connectivity index (χ2n) is 6.43. The van der Waals surface area contributed by atoms with Gasteiger partial charge in [-0.15, -0.1) is 10.2 Å². The fraction of sp³-hybridized carbons (Fsp3) is 0.765. The van der Waals surface area contributed by atoms with Gasteiger partial charge in [-0.2, -0.15) is 0 Å². The van der Waals surface area contributed by atoms with Crippen LogP contribution < -0.4 is 28.7 Å². The second-order valence-corrected chi connectivity index (χ2v) is 6.43. The summed E-state index contributed by atoms with van der Waals surface area (Å²) >= 11 is 0. The van der Waals surface area contributed by atoms with Crippen LogP contribution in [0.2, 0.25) is 0 Å². The van der Waals surface area contributed by atoms with Gasteiger partial charge in [0.05, 0.1) is 6.04 Å². The lowest BCUT2D eigenvalue weighted by atomic mass is 10.1. The van der Waals surface area contributed by atoms with Crippen LogP contribution in [0.15, 0.2) is 15.2 Å². The topological polar surface area (TPSA) is 191 Å². The van der Waals surface area contributed by atoms with Crippen molar-refractivity contribution in [3.63, 3.8) is 0 Å². The van der Waals surface area contributed by atoms with Gasteiger partial charge < -0.3 is 33.5 Å². The first-order valence-corrected chi connectivity index (χ1v) is 9.84. The molecule has 162 valence electrons. The Morgan fingerprint density at radius 2 is 1.61 bits per heavy atom. The van der Waals surface area contributed by atoms with E-state index in [-0.39, 0.29) is 23.9 Å². The van der Waals surface area contributed by atoms with Gasteiger partial charge in [0.1, 0.15) is 6.29 Å². The number of nitrogens with two attached hydrogens (primary N) is 5. The van der Waals surface area contributed by atoms with Crippen LogP contribution in [0.25, 0.3) is 0 Å². The average molecular weight is 399 g/mol. The first-order valence-electron chi connectivity index (χ1n) is 9.84. The molecule has 1 unspecified atom stereocenters. The highest BCUT2D eigenvalue weighted by atomic mass is 16.1. The van der Waals surface area contributed by atoms with Crippen LogP contribution in [-0.2, 0) is 4.79 Å². The molecule has 0 radical (unpaired) electrons. The molecule has 0 saturated carbocycles. The number of carbonyl (C=O) groups excluding carboxylic acids is 1. The van der Waals surface area contributed by atoms with E-state index in [1.807, 2.05) is 11.9 Å². The Morgan fingerprint density at radius 3 is 2.14 bits per heavy atom. The third kappa shape index (κ3) is 11.2. The van der Waals surface area contributed by atoms with Crippen LogP contribution >= 0.6 is 0 Å². The van der Waals surface area contributed by atoms with Gasteiger partial charge in [0.2, 0.25) is 11.9 Å². The van der Waals surface area contributed by atoms with Gasteiger partial charge in [-0.05, 0) is 19.3 Å². The quantitative estimate of drug-likeness (QED) is 0.0810. The molecule has 0 heterocycles. The minimum atomic E-state index is -0.386. The van der Waals surface area contributed by atoms with Crippen molar-refractivity contribution in [1.29, 1.82) is 0 Å². The highest BCUT2D eigenvalue weighted by Gasteiger charge is 2.24. The van der Waals surface area contributed by atoms with Crippen molar-refractivity contribution in [3.8, 4) is 0 Å². The number of carbonyl (C=O) groups is 1. The summed E-state index contributed by atoms with van der Waals surface area (Å²) in [5, 5.41) is 11.2. The van der Waals surface area contributed by atoms with Crippen LogP contribution in [0.5, 0.6) is 0 Å². The molecule has 0 fully saturated rings. The summed E-state index contributed by atoms with van der Waals surface area (Å²) in [6, 6.07) is -0.386. The number of nitrogens with zero attached hydrogens (tertiary/aromatic N) is 5. The zero-order chi connectivity index (χ0) is 21.4. The number of hydrogen-bond donors (Lipinski definition) is 5. The monoisotopic (exact) mass is 398 g/mol. The first-order chi connectivity index (χ1) is 13.4. The first kappa shape index (κ1) is 25.4. The van der Waals surface area contributed by atoms with Gasteiger partial charge in [-0.25, -0.2) is 5.01 Å². The highest BCUT2D eigenvalue weighted by Crippen LogP contribution is 2.12. The average Bonchev–Trinajstić information content (AvgIpc) is 2.66. The lowest BCUT2D eigenvalue weighted by Gasteiger charge is -2.38. The molecule has 0 saturated heterocycles. The number of rotatable bonds is 15. The molecule has 0 aliphatic rings. The number of hydrazine groups is 1. The zero-order valence-corrected chi connectivity index (χ0v) is 17.3. The molecule has 11 nitrogen and oxygen atoms in total. The molecule has 0 amide bonds. The van der Waals surface area contributed by atoms with E-state index in [0.717, 1.165) is 25.5 Å². The van der Waals surface area contributed by atoms with Gasteiger partial charge >= 0.3 is 0 Å².